The van der Waals surface area contributed by atoms with E-state index in [-0.39, 0.29) is 26.5 Å². The summed E-state index contributed by atoms with van der Waals surface area (Å²) in [6.45, 7) is 2.27. The maximum Gasteiger partial charge on any atom is 0.337 e. The first kappa shape index (κ1) is 16.5. The summed E-state index contributed by atoms with van der Waals surface area (Å²) in [6, 6.07) is 2.18. The summed E-state index contributed by atoms with van der Waals surface area (Å²) in [5, 5.41) is 8.93. The summed E-state index contributed by atoms with van der Waals surface area (Å²) >= 11 is 11.8. The molecular formula is C13H15Cl2NO4S. The normalized spacial score (nSPS) is 15.4. The van der Waals surface area contributed by atoms with Crippen LogP contribution in [0, 0.1) is 0 Å². The zero-order valence-electron chi connectivity index (χ0n) is 11.3. The van der Waals surface area contributed by atoms with Crippen molar-refractivity contribution < 1.29 is 18.3 Å². The van der Waals surface area contributed by atoms with Crippen LogP contribution < -0.4 is 0 Å². The number of sulfonamides is 1. The van der Waals surface area contributed by atoms with Crippen LogP contribution in [-0.2, 0) is 10.0 Å². The van der Waals surface area contributed by atoms with Crippen molar-refractivity contribution in [1.29, 1.82) is 0 Å². The van der Waals surface area contributed by atoms with Crippen LogP contribution in [0.5, 0.6) is 0 Å². The highest BCUT2D eigenvalue weighted by Gasteiger charge is 2.38. The van der Waals surface area contributed by atoms with Crippen LogP contribution in [0.3, 0.4) is 0 Å². The zero-order chi connectivity index (χ0) is 15.8. The highest BCUT2D eigenvalue weighted by atomic mass is 35.5. The van der Waals surface area contributed by atoms with Crippen molar-refractivity contribution >= 4 is 39.2 Å². The lowest BCUT2D eigenvalue weighted by Gasteiger charge is -2.22. The molecule has 8 heteroatoms. The Bertz CT molecular complexity index is 671. The third-order valence-corrected chi connectivity index (χ3v) is 5.97. The summed E-state index contributed by atoms with van der Waals surface area (Å²) < 4.78 is 26.8. The van der Waals surface area contributed by atoms with Crippen molar-refractivity contribution in [2.45, 2.75) is 37.1 Å². The zero-order valence-corrected chi connectivity index (χ0v) is 13.7. The molecule has 1 fully saturated rings. The van der Waals surface area contributed by atoms with Crippen LogP contribution >= 0.6 is 23.2 Å². The number of hydrogen-bond donors (Lipinski definition) is 1. The molecule has 21 heavy (non-hydrogen) atoms. The molecular weight excluding hydrogens is 337 g/mol. The predicted molar refractivity (Wildman–Crippen MR) is 80.6 cm³/mol. The van der Waals surface area contributed by atoms with Gasteiger partial charge in [0.25, 0.3) is 0 Å². The lowest BCUT2D eigenvalue weighted by atomic mass is 10.2. The number of halogens is 2. The molecule has 0 atom stereocenters. The van der Waals surface area contributed by atoms with Gasteiger partial charge in [0.15, 0.2) is 0 Å². The Morgan fingerprint density at radius 3 is 2.43 bits per heavy atom. The van der Waals surface area contributed by atoms with Crippen molar-refractivity contribution in [2.24, 2.45) is 0 Å². The minimum Gasteiger partial charge on any atom is -0.478 e. The van der Waals surface area contributed by atoms with Gasteiger partial charge in [0.05, 0.1) is 15.6 Å². The largest absolute Gasteiger partial charge is 0.478 e. The standard InChI is InChI=1S/C13H15Cl2NO4S/c1-2-5-16(8-3-4-8)21(19,20)12-6-9(13(17)18)10(14)7-11(12)15/h6-8H,2-5H2,1H3,(H,17,18). The molecule has 5 nitrogen and oxygen atoms in total. The average molecular weight is 352 g/mol. The lowest BCUT2D eigenvalue weighted by Crippen LogP contribution is -2.34. The number of carboxylic acid groups (broad SMARTS) is 1. The fraction of sp³-hybridized carbons (Fsp3) is 0.462. The van der Waals surface area contributed by atoms with Crippen LogP contribution in [0.4, 0.5) is 0 Å². The van der Waals surface area contributed by atoms with E-state index in [9.17, 15) is 13.2 Å². The minimum atomic E-state index is -3.82. The predicted octanol–water partition coefficient (Wildman–Crippen LogP) is 3.25. The quantitative estimate of drug-likeness (QED) is 0.853. The van der Waals surface area contributed by atoms with Gasteiger partial charge in [-0.05, 0) is 31.4 Å². The van der Waals surface area contributed by atoms with Crippen molar-refractivity contribution in [1.82, 2.24) is 4.31 Å². The summed E-state index contributed by atoms with van der Waals surface area (Å²) in [5.74, 6) is -1.29. The lowest BCUT2D eigenvalue weighted by molar-refractivity contribution is 0.0697. The van der Waals surface area contributed by atoms with E-state index >= 15 is 0 Å². The molecule has 0 heterocycles. The minimum absolute atomic E-state index is 0.0185. The molecule has 1 aromatic rings. The molecule has 0 aromatic heterocycles. The van der Waals surface area contributed by atoms with Crippen molar-refractivity contribution in [3.63, 3.8) is 0 Å². The van der Waals surface area contributed by atoms with E-state index in [4.69, 9.17) is 28.3 Å². The van der Waals surface area contributed by atoms with E-state index in [1.54, 1.807) is 0 Å². The molecule has 1 N–H and O–H groups in total. The van der Waals surface area contributed by atoms with E-state index in [0.29, 0.717) is 13.0 Å². The number of rotatable bonds is 6. The Hall–Kier alpha value is -0.820. The molecule has 1 aliphatic rings. The second-order valence-corrected chi connectivity index (χ2v) is 7.59. The number of hydrogen-bond acceptors (Lipinski definition) is 3. The van der Waals surface area contributed by atoms with Crippen LogP contribution in [-0.4, -0.2) is 36.4 Å². The first-order valence-corrected chi connectivity index (χ1v) is 8.72. The van der Waals surface area contributed by atoms with E-state index in [1.165, 1.54) is 4.31 Å². The summed E-state index contributed by atoms with van der Waals surface area (Å²) in [5.41, 5.74) is -0.271. The van der Waals surface area contributed by atoms with Gasteiger partial charge in [-0.3, -0.25) is 0 Å². The fourth-order valence-corrected chi connectivity index (χ4v) is 4.71. The second-order valence-electron chi connectivity index (χ2n) is 4.91. The molecule has 2 rings (SSSR count). The summed E-state index contributed by atoms with van der Waals surface area (Å²) in [4.78, 5) is 10.9. The van der Waals surface area contributed by atoms with Crippen LogP contribution in [0.1, 0.15) is 36.5 Å². The number of aromatic carboxylic acids is 1. The smallest absolute Gasteiger partial charge is 0.337 e. The molecule has 0 unspecified atom stereocenters. The fourth-order valence-electron chi connectivity index (χ4n) is 2.10. The van der Waals surface area contributed by atoms with Gasteiger partial charge in [0.2, 0.25) is 10.0 Å². The number of carboxylic acids is 1. The van der Waals surface area contributed by atoms with E-state index in [2.05, 4.69) is 0 Å². The van der Waals surface area contributed by atoms with Gasteiger partial charge in [-0.1, -0.05) is 30.1 Å². The third kappa shape index (κ3) is 3.34. The Morgan fingerprint density at radius 1 is 1.33 bits per heavy atom. The van der Waals surface area contributed by atoms with Crippen LogP contribution in [0.25, 0.3) is 0 Å². The maximum absolute atomic E-state index is 12.7. The molecule has 0 saturated heterocycles. The Balaban J connectivity index is 2.53. The Labute approximate surface area is 133 Å². The summed E-state index contributed by atoms with van der Waals surface area (Å²) in [7, 11) is -3.82. The van der Waals surface area contributed by atoms with Crippen molar-refractivity contribution in [3.8, 4) is 0 Å². The number of nitrogens with zero attached hydrogens (tertiary/aromatic N) is 1. The van der Waals surface area contributed by atoms with Gasteiger partial charge in [0.1, 0.15) is 4.90 Å². The molecule has 0 amide bonds. The number of carbonyl (C=O) groups is 1. The topological polar surface area (TPSA) is 74.7 Å². The van der Waals surface area contributed by atoms with Gasteiger partial charge >= 0.3 is 5.97 Å². The van der Waals surface area contributed by atoms with Crippen LogP contribution in [0.2, 0.25) is 10.0 Å². The van der Waals surface area contributed by atoms with Crippen LogP contribution in [0.15, 0.2) is 17.0 Å². The second kappa shape index (κ2) is 6.12. The van der Waals surface area contributed by atoms with Crippen molar-refractivity contribution in [3.05, 3.63) is 27.7 Å². The first-order chi connectivity index (χ1) is 9.78. The first-order valence-electron chi connectivity index (χ1n) is 6.53. The Morgan fingerprint density at radius 2 is 1.95 bits per heavy atom. The van der Waals surface area contributed by atoms with E-state index in [1.807, 2.05) is 6.92 Å². The van der Waals surface area contributed by atoms with Gasteiger partial charge in [-0.2, -0.15) is 4.31 Å². The Kier molecular flexibility index (Phi) is 4.82. The number of benzene rings is 1. The molecule has 0 aliphatic heterocycles. The van der Waals surface area contributed by atoms with E-state index in [0.717, 1.165) is 25.0 Å². The van der Waals surface area contributed by atoms with Gasteiger partial charge in [-0.25, -0.2) is 13.2 Å². The van der Waals surface area contributed by atoms with Gasteiger partial charge in [0, 0.05) is 12.6 Å². The highest BCUT2D eigenvalue weighted by molar-refractivity contribution is 7.89. The molecule has 0 spiro atoms. The monoisotopic (exact) mass is 351 g/mol. The van der Waals surface area contributed by atoms with Gasteiger partial charge in [-0.15, -0.1) is 0 Å². The summed E-state index contributed by atoms with van der Waals surface area (Å²) in [6.07, 6.45) is 2.30. The molecule has 116 valence electrons. The van der Waals surface area contributed by atoms with Gasteiger partial charge < -0.3 is 5.11 Å². The molecule has 0 radical (unpaired) electrons. The molecule has 0 bridgehead atoms. The van der Waals surface area contributed by atoms with Crippen molar-refractivity contribution in [2.75, 3.05) is 6.54 Å². The maximum atomic E-state index is 12.7. The third-order valence-electron chi connectivity index (χ3n) is 3.24. The molecule has 1 saturated carbocycles. The van der Waals surface area contributed by atoms with E-state index < -0.39 is 16.0 Å². The molecule has 1 aromatic carbocycles. The SMILES string of the molecule is CCCN(C1CC1)S(=O)(=O)c1cc(C(=O)O)c(Cl)cc1Cl. The molecule has 1 aliphatic carbocycles. The highest BCUT2D eigenvalue weighted by Crippen LogP contribution is 2.36. The average Bonchev–Trinajstić information content (AvgIpc) is 3.18.